The highest BCUT2D eigenvalue weighted by atomic mass is 19.1. The molecule has 1 aromatic carbocycles. The maximum absolute atomic E-state index is 14.5. The van der Waals surface area contributed by atoms with Gasteiger partial charge in [-0.1, -0.05) is 12.1 Å². The van der Waals surface area contributed by atoms with Crippen LogP contribution < -0.4 is 15.5 Å². The maximum Gasteiger partial charge on any atom is 0.221 e. The highest BCUT2D eigenvalue weighted by Gasteiger charge is 2.34. The van der Waals surface area contributed by atoms with Gasteiger partial charge in [0, 0.05) is 30.9 Å². The number of fused-ring (bicyclic) bond motifs is 1. The van der Waals surface area contributed by atoms with Gasteiger partial charge in [-0.3, -0.25) is 0 Å². The van der Waals surface area contributed by atoms with Crippen molar-refractivity contribution >= 4 is 17.5 Å². The minimum Gasteiger partial charge on any atom is -0.368 e. The third-order valence-electron chi connectivity index (χ3n) is 5.13. The first-order valence-electron chi connectivity index (χ1n) is 8.59. The molecule has 1 atom stereocenters. The summed E-state index contributed by atoms with van der Waals surface area (Å²) in [5.74, 6) is 0.979. The SMILES string of the molecule is Cc1cccc(F)c1N1Cc2cnc(N)nc2N([C@H]2CCN(C)C2)C1. The number of hydrogen-bond donors (Lipinski definition) is 1. The number of nitrogens with zero attached hydrogens (tertiary/aromatic N) is 5. The van der Waals surface area contributed by atoms with Crippen molar-refractivity contribution in [3.63, 3.8) is 0 Å². The summed E-state index contributed by atoms with van der Waals surface area (Å²) in [4.78, 5) is 15.3. The van der Waals surface area contributed by atoms with Gasteiger partial charge in [-0.25, -0.2) is 9.37 Å². The lowest BCUT2D eigenvalue weighted by Crippen LogP contribution is -2.49. The van der Waals surface area contributed by atoms with Crippen molar-refractivity contribution in [1.29, 1.82) is 0 Å². The molecule has 0 unspecified atom stereocenters. The fourth-order valence-electron chi connectivity index (χ4n) is 3.91. The van der Waals surface area contributed by atoms with E-state index in [-0.39, 0.29) is 11.8 Å². The van der Waals surface area contributed by atoms with Gasteiger partial charge >= 0.3 is 0 Å². The predicted molar refractivity (Wildman–Crippen MR) is 97.0 cm³/mol. The van der Waals surface area contributed by atoms with Crippen molar-refractivity contribution < 1.29 is 4.39 Å². The number of aryl methyl sites for hydroxylation is 1. The van der Waals surface area contributed by atoms with Crippen LogP contribution >= 0.6 is 0 Å². The van der Waals surface area contributed by atoms with E-state index in [1.54, 1.807) is 12.3 Å². The zero-order chi connectivity index (χ0) is 17.6. The number of likely N-dealkylation sites (N-methyl/N-ethyl adjacent to an activating group) is 1. The molecule has 132 valence electrons. The fraction of sp³-hybridized carbons (Fsp3) is 0.444. The summed E-state index contributed by atoms with van der Waals surface area (Å²) in [5, 5.41) is 0. The summed E-state index contributed by atoms with van der Waals surface area (Å²) < 4.78 is 14.5. The number of rotatable bonds is 2. The van der Waals surface area contributed by atoms with E-state index in [0.29, 0.717) is 24.9 Å². The second-order valence-corrected chi connectivity index (χ2v) is 7.00. The highest BCUT2D eigenvalue weighted by molar-refractivity contribution is 5.61. The van der Waals surface area contributed by atoms with Crippen LogP contribution in [0.15, 0.2) is 24.4 Å². The average molecular weight is 342 g/mol. The maximum atomic E-state index is 14.5. The van der Waals surface area contributed by atoms with Crippen molar-refractivity contribution in [3.8, 4) is 0 Å². The number of likely N-dealkylation sites (tertiary alicyclic amines) is 1. The lowest BCUT2D eigenvalue weighted by molar-refractivity contribution is 0.405. The quantitative estimate of drug-likeness (QED) is 0.901. The molecule has 1 aromatic heterocycles. The van der Waals surface area contributed by atoms with Gasteiger partial charge in [0.1, 0.15) is 11.6 Å². The van der Waals surface area contributed by atoms with Crippen LogP contribution in [0.4, 0.5) is 21.8 Å². The molecule has 0 aliphatic carbocycles. The van der Waals surface area contributed by atoms with Crippen molar-refractivity contribution in [2.45, 2.75) is 25.9 Å². The van der Waals surface area contributed by atoms with Crippen LogP contribution in [0, 0.1) is 12.7 Å². The molecule has 0 saturated carbocycles. The molecule has 3 heterocycles. The standard InChI is InChI=1S/C18H23FN6/c1-12-4-3-5-15(19)16(12)24-9-13-8-21-18(20)22-17(13)25(11-24)14-6-7-23(2)10-14/h3-5,8,14H,6-7,9-11H2,1-2H3,(H2,20,21,22)/t14-/m0/s1. The molecule has 4 rings (SSSR count). The largest absolute Gasteiger partial charge is 0.368 e. The van der Waals surface area contributed by atoms with E-state index in [0.717, 1.165) is 36.5 Å². The van der Waals surface area contributed by atoms with E-state index in [9.17, 15) is 4.39 Å². The average Bonchev–Trinajstić information content (AvgIpc) is 3.00. The molecule has 7 heteroatoms. The van der Waals surface area contributed by atoms with Gasteiger partial charge in [0.15, 0.2) is 0 Å². The highest BCUT2D eigenvalue weighted by Crippen LogP contribution is 2.34. The number of aromatic nitrogens is 2. The van der Waals surface area contributed by atoms with Crippen LogP contribution in [0.5, 0.6) is 0 Å². The van der Waals surface area contributed by atoms with Gasteiger partial charge in [0.2, 0.25) is 5.95 Å². The van der Waals surface area contributed by atoms with Gasteiger partial charge in [0.05, 0.1) is 12.4 Å². The Morgan fingerprint density at radius 1 is 1.32 bits per heavy atom. The Hall–Kier alpha value is -2.41. The Kier molecular flexibility index (Phi) is 3.95. The zero-order valence-electron chi connectivity index (χ0n) is 14.6. The van der Waals surface area contributed by atoms with E-state index in [1.165, 1.54) is 6.07 Å². The molecular weight excluding hydrogens is 319 g/mol. The molecule has 0 spiro atoms. The third kappa shape index (κ3) is 2.89. The number of anilines is 3. The van der Waals surface area contributed by atoms with Crippen molar-refractivity contribution in [2.75, 3.05) is 42.3 Å². The van der Waals surface area contributed by atoms with E-state index in [2.05, 4.69) is 31.7 Å². The van der Waals surface area contributed by atoms with Crippen LogP contribution in [0.2, 0.25) is 0 Å². The monoisotopic (exact) mass is 342 g/mol. The lowest BCUT2D eigenvalue weighted by atomic mass is 10.1. The van der Waals surface area contributed by atoms with Gasteiger partial charge in [-0.2, -0.15) is 4.98 Å². The molecule has 0 bridgehead atoms. The van der Waals surface area contributed by atoms with E-state index in [4.69, 9.17) is 5.73 Å². The first kappa shape index (κ1) is 16.1. The van der Waals surface area contributed by atoms with Crippen LogP contribution in [0.3, 0.4) is 0 Å². The summed E-state index contributed by atoms with van der Waals surface area (Å²) in [6.07, 6.45) is 2.83. The van der Waals surface area contributed by atoms with E-state index < -0.39 is 0 Å². The summed E-state index contributed by atoms with van der Waals surface area (Å²) in [6.45, 7) is 5.14. The molecule has 2 aromatic rings. The second kappa shape index (κ2) is 6.15. The molecular formula is C18H23FN6. The van der Waals surface area contributed by atoms with Crippen LogP contribution in [-0.2, 0) is 6.54 Å². The van der Waals surface area contributed by atoms with Gasteiger partial charge in [-0.05, 0) is 38.6 Å². The molecule has 25 heavy (non-hydrogen) atoms. The molecule has 6 nitrogen and oxygen atoms in total. The Bertz CT molecular complexity index is 775. The molecule has 2 N–H and O–H groups in total. The van der Waals surface area contributed by atoms with Crippen molar-refractivity contribution in [2.24, 2.45) is 0 Å². The third-order valence-corrected chi connectivity index (χ3v) is 5.13. The second-order valence-electron chi connectivity index (χ2n) is 7.00. The molecule has 1 saturated heterocycles. The summed E-state index contributed by atoms with van der Waals surface area (Å²) in [6, 6.07) is 5.55. The molecule has 2 aliphatic rings. The minimum absolute atomic E-state index is 0.191. The Morgan fingerprint density at radius 2 is 2.16 bits per heavy atom. The van der Waals surface area contributed by atoms with E-state index in [1.807, 2.05) is 13.0 Å². The summed E-state index contributed by atoms with van der Waals surface area (Å²) in [5.41, 5.74) is 8.40. The van der Waals surface area contributed by atoms with Crippen LogP contribution in [-0.4, -0.2) is 47.7 Å². The van der Waals surface area contributed by atoms with Crippen LogP contribution in [0.1, 0.15) is 17.5 Å². The number of para-hydroxylation sites is 1. The molecule has 0 amide bonds. The molecule has 1 fully saturated rings. The normalized spacial score (nSPS) is 20.8. The van der Waals surface area contributed by atoms with Crippen LogP contribution in [0.25, 0.3) is 0 Å². The van der Waals surface area contributed by atoms with Gasteiger partial charge in [-0.15, -0.1) is 0 Å². The lowest BCUT2D eigenvalue weighted by Gasteiger charge is -2.42. The zero-order valence-corrected chi connectivity index (χ0v) is 14.6. The van der Waals surface area contributed by atoms with Gasteiger partial charge in [0.25, 0.3) is 0 Å². The Morgan fingerprint density at radius 3 is 2.88 bits per heavy atom. The summed E-state index contributed by atoms with van der Waals surface area (Å²) in [7, 11) is 2.12. The smallest absolute Gasteiger partial charge is 0.221 e. The van der Waals surface area contributed by atoms with E-state index >= 15 is 0 Å². The fourth-order valence-corrected chi connectivity index (χ4v) is 3.91. The number of nitrogen functional groups attached to an aromatic ring is 1. The number of nitrogens with two attached hydrogens (primary N) is 1. The van der Waals surface area contributed by atoms with Crippen molar-refractivity contribution in [1.82, 2.24) is 14.9 Å². The Balaban J connectivity index is 1.75. The number of halogens is 1. The Labute approximate surface area is 147 Å². The summed E-state index contributed by atoms with van der Waals surface area (Å²) >= 11 is 0. The first-order valence-corrected chi connectivity index (χ1v) is 8.59. The van der Waals surface area contributed by atoms with Crippen molar-refractivity contribution in [3.05, 3.63) is 41.3 Å². The molecule has 2 aliphatic heterocycles. The first-order chi connectivity index (χ1) is 12.0. The number of hydrogen-bond acceptors (Lipinski definition) is 6. The van der Waals surface area contributed by atoms with Gasteiger partial charge < -0.3 is 20.4 Å². The topological polar surface area (TPSA) is 61.5 Å². The minimum atomic E-state index is -0.191. The molecule has 0 radical (unpaired) electrons. The number of benzene rings is 1. The predicted octanol–water partition coefficient (Wildman–Crippen LogP) is 1.99.